The van der Waals surface area contributed by atoms with Crippen molar-refractivity contribution in [3.05, 3.63) is 82.3 Å². The van der Waals surface area contributed by atoms with E-state index in [4.69, 9.17) is 13.6 Å². The number of nitrogens with one attached hydrogen (secondary N) is 1. The second-order valence-electron chi connectivity index (χ2n) is 9.12. The molecule has 1 N–H and O–H groups in total. The molecule has 1 aliphatic rings. The van der Waals surface area contributed by atoms with Gasteiger partial charge in [-0.05, 0) is 31.2 Å². The molecule has 0 spiro atoms. The van der Waals surface area contributed by atoms with Crippen LogP contribution in [0.15, 0.2) is 73.4 Å². The number of hydrogen-bond donors (Lipinski definition) is 1. The highest BCUT2D eigenvalue weighted by Gasteiger charge is 2.39. The van der Waals surface area contributed by atoms with Crippen molar-refractivity contribution in [1.29, 1.82) is 0 Å². The van der Waals surface area contributed by atoms with Gasteiger partial charge in [0.1, 0.15) is 33.5 Å². The Kier molecular flexibility index (Phi) is 6.45. The van der Waals surface area contributed by atoms with E-state index in [-0.39, 0.29) is 27.7 Å². The molecule has 2 aromatic carbocycles. The van der Waals surface area contributed by atoms with Crippen LogP contribution in [0.2, 0.25) is 0 Å². The smallest absolute Gasteiger partial charge is 0.257 e. The second kappa shape index (κ2) is 9.92. The summed E-state index contributed by atoms with van der Waals surface area (Å²) in [7, 11) is 3.31. The number of thioether (sulfide) groups is 2. The number of para-hydroxylation sites is 1. The van der Waals surface area contributed by atoms with Crippen molar-refractivity contribution in [3.8, 4) is 5.75 Å². The van der Waals surface area contributed by atoms with Crippen LogP contribution in [0.4, 0.5) is 5.69 Å². The molecule has 10 heteroatoms. The maximum absolute atomic E-state index is 13.2. The van der Waals surface area contributed by atoms with Crippen LogP contribution in [0.5, 0.6) is 5.75 Å². The molecule has 0 unspecified atom stereocenters. The average molecular weight is 548 g/mol. The Morgan fingerprint density at radius 2 is 2.03 bits per heavy atom. The molecule has 6 rings (SSSR count). The molecule has 194 valence electrons. The molecule has 0 saturated carbocycles. The van der Waals surface area contributed by atoms with Crippen molar-refractivity contribution in [3.63, 3.8) is 0 Å². The van der Waals surface area contributed by atoms with Crippen molar-refractivity contribution in [2.75, 3.05) is 18.2 Å². The zero-order valence-electron chi connectivity index (χ0n) is 21.0. The van der Waals surface area contributed by atoms with Crippen LogP contribution in [0.25, 0.3) is 21.9 Å². The van der Waals surface area contributed by atoms with Gasteiger partial charge in [0.25, 0.3) is 5.56 Å². The summed E-state index contributed by atoms with van der Waals surface area (Å²) >= 11 is 3.04. The molecule has 4 heterocycles. The van der Waals surface area contributed by atoms with Crippen molar-refractivity contribution >= 4 is 57.1 Å². The topological polar surface area (TPSA) is 99.5 Å². The first kappa shape index (κ1) is 24.7. The molecule has 0 radical (unpaired) electrons. The van der Waals surface area contributed by atoms with Crippen LogP contribution in [0.1, 0.15) is 23.1 Å². The molecule has 3 aromatic heterocycles. The highest BCUT2D eigenvalue weighted by Crippen LogP contribution is 2.49. The average Bonchev–Trinajstić information content (AvgIpc) is 3.63. The van der Waals surface area contributed by atoms with E-state index in [1.165, 1.54) is 11.8 Å². The number of nitrogens with zero attached hydrogens (tertiary/aromatic N) is 2. The lowest BCUT2D eigenvalue weighted by atomic mass is 9.99. The zero-order valence-corrected chi connectivity index (χ0v) is 22.7. The molecule has 2 atom stereocenters. The van der Waals surface area contributed by atoms with Crippen molar-refractivity contribution in [2.24, 2.45) is 7.05 Å². The Morgan fingerprint density at radius 1 is 1.18 bits per heavy atom. The van der Waals surface area contributed by atoms with Gasteiger partial charge in [-0.25, -0.2) is 4.98 Å². The first-order chi connectivity index (χ1) is 18.4. The summed E-state index contributed by atoms with van der Waals surface area (Å²) < 4.78 is 18.7. The highest BCUT2D eigenvalue weighted by atomic mass is 32.2. The van der Waals surface area contributed by atoms with E-state index < -0.39 is 0 Å². The van der Waals surface area contributed by atoms with E-state index in [9.17, 15) is 9.59 Å². The number of benzene rings is 2. The van der Waals surface area contributed by atoms with Crippen LogP contribution >= 0.6 is 23.5 Å². The number of ether oxygens (including phenoxy) is 1. The highest BCUT2D eigenvalue weighted by molar-refractivity contribution is 8.17. The summed E-state index contributed by atoms with van der Waals surface area (Å²) in [5, 5.41) is 5.63. The molecule has 38 heavy (non-hydrogen) atoms. The Labute approximate surface area is 226 Å². The minimum absolute atomic E-state index is 0.0482. The molecule has 0 fully saturated rings. The number of fused-ring (bicyclic) bond motifs is 4. The summed E-state index contributed by atoms with van der Waals surface area (Å²) in [6.07, 6.45) is 2.19. The monoisotopic (exact) mass is 547 g/mol. The zero-order chi connectivity index (χ0) is 26.4. The third-order valence-electron chi connectivity index (χ3n) is 6.79. The normalized spacial score (nSPS) is 16.7. The molecule has 0 saturated heterocycles. The predicted molar refractivity (Wildman–Crippen MR) is 150 cm³/mol. The Hall–Kier alpha value is -3.63. The van der Waals surface area contributed by atoms with Crippen LogP contribution in [0.3, 0.4) is 0 Å². The van der Waals surface area contributed by atoms with Gasteiger partial charge in [0.2, 0.25) is 5.91 Å². The molecule has 8 nitrogen and oxygen atoms in total. The number of furan rings is 2. The van der Waals surface area contributed by atoms with Crippen LogP contribution in [-0.4, -0.2) is 32.9 Å². The lowest BCUT2D eigenvalue weighted by molar-refractivity contribution is -0.113. The van der Waals surface area contributed by atoms with Crippen molar-refractivity contribution < 1.29 is 18.4 Å². The van der Waals surface area contributed by atoms with Crippen LogP contribution < -0.4 is 15.6 Å². The van der Waals surface area contributed by atoms with Crippen LogP contribution in [-0.2, 0) is 18.3 Å². The lowest BCUT2D eigenvalue weighted by Gasteiger charge is -2.18. The molecule has 1 aliphatic heterocycles. The van der Waals surface area contributed by atoms with Gasteiger partial charge < -0.3 is 18.9 Å². The summed E-state index contributed by atoms with van der Waals surface area (Å²) in [5.41, 5.74) is 2.64. The van der Waals surface area contributed by atoms with Gasteiger partial charge in [-0.15, -0.1) is 11.8 Å². The standard InChI is InChI=1S/C28H25N3O5S2/c1-15-29-26-25(27(33)31(15)2)19(11-16-7-6-10-35-16)28(38-26)37-14-24(32)30-20-13-22-18(12-23(20)34-3)17-8-4-5-9-21(17)36-22/h4-10,12-13,19,28H,11,14H2,1-3H3,(H,30,32)/t19-,28-/m0/s1. The number of anilines is 1. The van der Waals surface area contributed by atoms with Gasteiger partial charge in [-0.3, -0.25) is 14.2 Å². The maximum atomic E-state index is 13.2. The number of aryl methyl sites for hydroxylation is 1. The quantitative estimate of drug-likeness (QED) is 0.258. The molecular weight excluding hydrogens is 522 g/mol. The second-order valence-corrected chi connectivity index (χ2v) is 11.7. The Bertz CT molecular complexity index is 1720. The van der Waals surface area contributed by atoms with Gasteiger partial charge in [0, 0.05) is 36.2 Å². The van der Waals surface area contributed by atoms with Gasteiger partial charge in [0.05, 0.1) is 35.0 Å². The van der Waals surface area contributed by atoms with Gasteiger partial charge in [-0.1, -0.05) is 30.0 Å². The van der Waals surface area contributed by atoms with Crippen LogP contribution in [0, 0.1) is 6.92 Å². The molecular formula is C28H25N3O5S2. The van der Waals surface area contributed by atoms with E-state index in [1.54, 1.807) is 42.8 Å². The number of carbonyl (C=O) groups is 1. The van der Waals surface area contributed by atoms with E-state index in [2.05, 4.69) is 10.3 Å². The number of amides is 1. The number of aromatic nitrogens is 2. The van der Waals surface area contributed by atoms with Crippen molar-refractivity contribution in [1.82, 2.24) is 9.55 Å². The molecule has 1 amide bonds. The lowest BCUT2D eigenvalue weighted by Crippen LogP contribution is -2.27. The largest absolute Gasteiger partial charge is 0.495 e. The number of rotatable bonds is 7. The van der Waals surface area contributed by atoms with Gasteiger partial charge >= 0.3 is 0 Å². The third kappa shape index (κ3) is 4.37. The fraction of sp³-hybridized carbons (Fsp3) is 0.250. The molecule has 5 aromatic rings. The maximum Gasteiger partial charge on any atom is 0.257 e. The number of methoxy groups -OCH3 is 1. The van der Waals surface area contributed by atoms with E-state index in [0.717, 1.165) is 27.1 Å². The number of carbonyl (C=O) groups excluding carboxylic acids is 1. The Morgan fingerprint density at radius 3 is 2.82 bits per heavy atom. The summed E-state index contributed by atoms with van der Waals surface area (Å²) in [6, 6.07) is 15.2. The van der Waals surface area contributed by atoms with Gasteiger partial charge in [-0.2, -0.15) is 0 Å². The molecule has 0 bridgehead atoms. The fourth-order valence-corrected chi connectivity index (χ4v) is 7.56. The fourth-order valence-electron chi connectivity index (χ4n) is 4.79. The SMILES string of the molecule is COc1cc2c(cc1NC(=O)CS[C@H]1Sc3nc(C)n(C)c(=O)c3[C@@H]1Cc1ccco1)oc1ccccc12. The summed E-state index contributed by atoms with van der Waals surface area (Å²) in [6.45, 7) is 1.82. The van der Waals surface area contributed by atoms with E-state index in [1.807, 2.05) is 49.4 Å². The summed E-state index contributed by atoms with van der Waals surface area (Å²) in [5.74, 6) is 1.91. The van der Waals surface area contributed by atoms with Crippen molar-refractivity contribution in [2.45, 2.75) is 28.9 Å². The van der Waals surface area contributed by atoms with E-state index >= 15 is 0 Å². The minimum Gasteiger partial charge on any atom is -0.495 e. The van der Waals surface area contributed by atoms with E-state index in [0.29, 0.717) is 34.8 Å². The first-order valence-electron chi connectivity index (χ1n) is 12.1. The molecule has 0 aliphatic carbocycles. The first-order valence-corrected chi connectivity index (χ1v) is 14.0. The van der Waals surface area contributed by atoms with Gasteiger partial charge in [0.15, 0.2) is 0 Å². The minimum atomic E-state index is -0.172. The Balaban J connectivity index is 1.22. The third-order valence-corrected chi connectivity index (χ3v) is 9.67. The summed E-state index contributed by atoms with van der Waals surface area (Å²) in [4.78, 5) is 30.9. The predicted octanol–water partition coefficient (Wildman–Crippen LogP) is 5.72. The number of hydrogen-bond acceptors (Lipinski definition) is 8.